The van der Waals surface area contributed by atoms with E-state index in [9.17, 15) is 0 Å². The average molecular weight is 226 g/mol. The highest BCUT2D eigenvalue weighted by atomic mass is 16.5. The van der Waals surface area contributed by atoms with Crippen LogP contribution in [0.1, 0.15) is 58.3 Å². The third kappa shape index (κ3) is 3.21. The van der Waals surface area contributed by atoms with Gasteiger partial charge in [-0.25, -0.2) is 0 Å². The normalized spacial score (nSPS) is 37.5. The minimum absolute atomic E-state index is 0.419. The number of hydrogen-bond donors (Lipinski definition) is 0. The van der Waals surface area contributed by atoms with Gasteiger partial charge in [-0.3, -0.25) is 0 Å². The summed E-state index contributed by atoms with van der Waals surface area (Å²) in [5.74, 6) is 0.705. The second-order valence-corrected chi connectivity index (χ2v) is 5.58. The van der Waals surface area contributed by atoms with Crippen molar-refractivity contribution in [2.24, 2.45) is 5.92 Å². The highest BCUT2D eigenvalue weighted by Crippen LogP contribution is 2.31. The monoisotopic (exact) mass is 226 g/mol. The first-order valence-corrected chi connectivity index (χ1v) is 6.98. The van der Waals surface area contributed by atoms with Gasteiger partial charge >= 0.3 is 0 Å². The largest absolute Gasteiger partial charge is 0.381 e. The zero-order chi connectivity index (χ0) is 11.4. The smallest absolute Gasteiger partial charge is 0.0621 e. The molecule has 0 aromatic heterocycles. The molecule has 0 amide bonds. The van der Waals surface area contributed by atoms with Crippen LogP contribution in [0, 0.1) is 5.92 Å². The van der Waals surface area contributed by atoms with Crippen LogP contribution in [-0.2, 0) is 9.47 Å². The summed E-state index contributed by atoms with van der Waals surface area (Å²) in [6.07, 6.45) is 11.7. The van der Waals surface area contributed by atoms with Gasteiger partial charge in [0.1, 0.15) is 0 Å². The first-order valence-electron chi connectivity index (χ1n) is 6.98. The predicted octanol–water partition coefficient (Wildman–Crippen LogP) is 3.54. The molecule has 2 rings (SSSR count). The van der Waals surface area contributed by atoms with E-state index in [1.807, 2.05) is 7.11 Å². The van der Waals surface area contributed by atoms with Crippen molar-refractivity contribution >= 4 is 0 Å². The van der Waals surface area contributed by atoms with Crippen molar-refractivity contribution in [1.82, 2.24) is 0 Å². The lowest BCUT2D eigenvalue weighted by molar-refractivity contribution is -0.0887. The summed E-state index contributed by atoms with van der Waals surface area (Å²) >= 11 is 0. The van der Waals surface area contributed by atoms with Crippen LogP contribution in [0.2, 0.25) is 0 Å². The van der Waals surface area contributed by atoms with Crippen molar-refractivity contribution in [3.05, 3.63) is 0 Å². The third-order valence-corrected chi connectivity index (χ3v) is 4.31. The van der Waals surface area contributed by atoms with Gasteiger partial charge in [0.05, 0.1) is 18.3 Å². The van der Waals surface area contributed by atoms with E-state index in [2.05, 4.69) is 6.92 Å². The number of ether oxygens (including phenoxy) is 2. The molecular weight excluding hydrogens is 200 g/mol. The summed E-state index contributed by atoms with van der Waals surface area (Å²) in [5, 5.41) is 0. The molecule has 2 heteroatoms. The van der Waals surface area contributed by atoms with Crippen LogP contribution in [0.4, 0.5) is 0 Å². The van der Waals surface area contributed by atoms with E-state index in [1.165, 1.54) is 44.9 Å². The Bertz CT molecular complexity index is 199. The van der Waals surface area contributed by atoms with E-state index >= 15 is 0 Å². The average Bonchev–Trinajstić information content (AvgIpc) is 2.33. The van der Waals surface area contributed by atoms with Crippen LogP contribution in [-0.4, -0.2) is 25.4 Å². The van der Waals surface area contributed by atoms with Gasteiger partial charge in [-0.1, -0.05) is 26.2 Å². The summed E-state index contributed by atoms with van der Waals surface area (Å²) in [6, 6.07) is 0. The van der Waals surface area contributed by atoms with E-state index in [-0.39, 0.29) is 0 Å². The first kappa shape index (κ1) is 12.4. The molecule has 16 heavy (non-hydrogen) atoms. The topological polar surface area (TPSA) is 18.5 Å². The molecule has 94 valence electrons. The van der Waals surface area contributed by atoms with E-state index < -0.39 is 0 Å². The maximum atomic E-state index is 6.23. The molecule has 0 aliphatic heterocycles. The second kappa shape index (κ2) is 6.02. The molecule has 0 heterocycles. The van der Waals surface area contributed by atoms with Crippen LogP contribution >= 0.6 is 0 Å². The molecule has 0 saturated heterocycles. The Balaban J connectivity index is 1.76. The first-order chi connectivity index (χ1) is 7.79. The second-order valence-electron chi connectivity index (χ2n) is 5.58. The fourth-order valence-corrected chi connectivity index (χ4v) is 3.17. The molecule has 0 aromatic carbocycles. The van der Waals surface area contributed by atoms with Crippen LogP contribution in [0.3, 0.4) is 0 Å². The lowest BCUT2D eigenvalue weighted by Crippen LogP contribution is -2.36. The Morgan fingerprint density at radius 3 is 2.31 bits per heavy atom. The maximum absolute atomic E-state index is 6.23. The van der Waals surface area contributed by atoms with Gasteiger partial charge in [-0.05, 0) is 31.6 Å². The molecule has 2 saturated carbocycles. The molecule has 0 spiro atoms. The Hall–Kier alpha value is -0.0800. The van der Waals surface area contributed by atoms with Crippen molar-refractivity contribution in [1.29, 1.82) is 0 Å². The molecule has 3 atom stereocenters. The molecule has 0 radical (unpaired) electrons. The van der Waals surface area contributed by atoms with Gasteiger partial charge in [0, 0.05) is 13.5 Å². The quantitative estimate of drug-likeness (QED) is 0.733. The Labute approximate surface area is 99.7 Å². The van der Waals surface area contributed by atoms with Crippen molar-refractivity contribution in [2.45, 2.75) is 76.6 Å². The van der Waals surface area contributed by atoms with Crippen molar-refractivity contribution in [3.63, 3.8) is 0 Å². The minimum atomic E-state index is 0.419. The van der Waals surface area contributed by atoms with E-state index in [0.29, 0.717) is 24.2 Å². The summed E-state index contributed by atoms with van der Waals surface area (Å²) in [5.41, 5.74) is 0. The highest BCUT2D eigenvalue weighted by molar-refractivity contribution is 4.80. The minimum Gasteiger partial charge on any atom is -0.381 e. The molecule has 2 nitrogen and oxygen atoms in total. The molecule has 2 aliphatic carbocycles. The SMILES string of the molecule is COC1CC(OC2CCCCC2)CCC1C. The molecule has 2 fully saturated rings. The van der Waals surface area contributed by atoms with Crippen LogP contribution in [0.25, 0.3) is 0 Å². The molecular formula is C14H26O2. The Kier molecular flexibility index (Phi) is 4.66. The molecule has 0 aromatic rings. The van der Waals surface area contributed by atoms with Gasteiger partial charge in [0.25, 0.3) is 0 Å². The predicted molar refractivity (Wildman–Crippen MR) is 65.6 cm³/mol. The summed E-state index contributed by atoms with van der Waals surface area (Å²) in [7, 11) is 1.84. The standard InChI is InChI=1S/C14H26O2/c1-11-8-9-13(10-14(11)15-2)16-12-6-4-3-5-7-12/h11-14H,3-10H2,1-2H3. The van der Waals surface area contributed by atoms with Crippen LogP contribution in [0.5, 0.6) is 0 Å². The fraction of sp³-hybridized carbons (Fsp3) is 1.00. The highest BCUT2D eigenvalue weighted by Gasteiger charge is 2.30. The lowest BCUT2D eigenvalue weighted by Gasteiger charge is -2.36. The fourth-order valence-electron chi connectivity index (χ4n) is 3.17. The number of hydrogen-bond acceptors (Lipinski definition) is 2. The van der Waals surface area contributed by atoms with Crippen molar-refractivity contribution < 1.29 is 9.47 Å². The summed E-state index contributed by atoms with van der Waals surface area (Å²) in [6.45, 7) is 2.30. The van der Waals surface area contributed by atoms with Crippen molar-refractivity contribution in [3.8, 4) is 0 Å². The van der Waals surface area contributed by atoms with Crippen LogP contribution < -0.4 is 0 Å². The van der Waals surface area contributed by atoms with Gasteiger partial charge in [0.15, 0.2) is 0 Å². The Morgan fingerprint density at radius 1 is 0.875 bits per heavy atom. The molecule has 2 aliphatic rings. The summed E-state index contributed by atoms with van der Waals surface area (Å²) < 4.78 is 11.8. The van der Waals surface area contributed by atoms with E-state index in [0.717, 1.165) is 6.42 Å². The number of methoxy groups -OCH3 is 1. The van der Waals surface area contributed by atoms with Gasteiger partial charge in [-0.2, -0.15) is 0 Å². The zero-order valence-corrected chi connectivity index (χ0v) is 10.8. The molecule has 3 unspecified atom stereocenters. The lowest BCUT2D eigenvalue weighted by atomic mass is 9.85. The third-order valence-electron chi connectivity index (χ3n) is 4.31. The van der Waals surface area contributed by atoms with Gasteiger partial charge in [-0.15, -0.1) is 0 Å². The van der Waals surface area contributed by atoms with Gasteiger partial charge in [0.2, 0.25) is 0 Å². The maximum Gasteiger partial charge on any atom is 0.0621 e. The molecule has 0 bridgehead atoms. The Morgan fingerprint density at radius 2 is 1.62 bits per heavy atom. The van der Waals surface area contributed by atoms with Crippen LogP contribution in [0.15, 0.2) is 0 Å². The van der Waals surface area contributed by atoms with Gasteiger partial charge < -0.3 is 9.47 Å². The molecule has 0 N–H and O–H groups in total. The van der Waals surface area contributed by atoms with E-state index in [1.54, 1.807) is 0 Å². The van der Waals surface area contributed by atoms with E-state index in [4.69, 9.17) is 9.47 Å². The number of rotatable bonds is 3. The van der Waals surface area contributed by atoms with Crippen molar-refractivity contribution in [2.75, 3.05) is 7.11 Å². The zero-order valence-electron chi connectivity index (χ0n) is 10.8. The summed E-state index contributed by atoms with van der Waals surface area (Å²) in [4.78, 5) is 0.